The van der Waals surface area contributed by atoms with Crippen LogP contribution < -0.4 is 16.4 Å². The number of primary amides is 1. The Balaban J connectivity index is 2.03. The molecule has 1 atom stereocenters. The molecule has 0 aliphatic rings. The van der Waals surface area contributed by atoms with Crippen LogP contribution in [-0.4, -0.2) is 24.5 Å². The van der Waals surface area contributed by atoms with E-state index in [1.54, 1.807) is 30.5 Å². The molecule has 0 saturated carbocycles. The highest BCUT2D eigenvalue weighted by molar-refractivity contribution is 6.08. The lowest BCUT2D eigenvalue weighted by Gasteiger charge is -2.21. The number of hydrogen-bond acceptors (Lipinski definition) is 4. The van der Waals surface area contributed by atoms with Crippen LogP contribution >= 0.6 is 0 Å². The van der Waals surface area contributed by atoms with E-state index in [0.29, 0.717) is 17.6 Å². The van der Waals surface area contributed by atoms with E-state index in [2.05, 4.69) is 15.6 Å². The zero-order valence-corrected chi connectivity index (χ0v) is 13.8. The number of nitrogens with one attached hydrogen (secondary N) is 2. The zero-order valence-electron chi connectivity index (χ0n) is 13.8. The highest BCUT2D eigenvalue weighted by atomic mass is 19.1. The molecule has 2 aromatic carbocycles. The summed E-state index contributed by atoms with van der Waals surface area (Å²) in [6.07, 6.45) is 1.62. The summed E-state index contributed by atoms with van der Waals surface area (Å²) in [6.45, 7) is 0.600. The van der Waals surface area contributed by atoms with Gasteiger partial charge in [-0.1, -0.05) is 12.1 Å². The Labute approximate surface area is 145 Å². The summed E-state index contributed by atoms with van der Waals surface area (Å²) in [5.74, 6) is -0.803. The fourth-order valence-electron chi connectivity index (χ4n) is 2.86. The lowest BCUT2D eigenvalue weighted by Crippen LogP contribution is -2.24. The number of rotatable bonds is 6. The molecule has 0 fully saturated rings. The summed E-state index contributed by atoms with van der Waals surface area (Å²) >= 11 is 0. The number of anilines is 1. The highest BCUT2D eigenvalue weighted by Gasteiger charge is 2.15. The predicted octanol–water partition coefficient (Wildman–Crippen LogP) is 2.85. The lowest BCUT2D eigenvalue weighted by molar-refractivity contribution is 0.100. The topological polar surface area (TPSA) is 80.0 Å². The first-order chi connectivity index (χ1) is 12.1. The first kappa shape index (κ1) is 16.9. The minimum atomic E-state index is -0.521. The van der Waals surface area contributed by atoms with Crippen LogP contribution in [0.2, 0.25) is 0 Å². The van der Waals surface area contributed by atoms with Gasteiger partial charge in [-0.05, 0) is 49.0 Å². The number of halogens is 1. The maximum absolute atomic E-state index is 13.6. The predicted molar refractivity (Wildman–Crippen MR) is 97.0 cm³/mol. The Kier molecular flexibility index (Phi) is 4.90. The number of likely N-dealkylation sites (N-methyl/N-ethyl adjacent to an activating group) is 1. The number of pyridine rings is 1. The van der Waals surface area contributed by atoms with Gasteiger partial charge in [0.2, 0.25) is 0 Å². The maximum atomic E-state index is 13.6. The Morgan fingerprint density at radius 1 is 1.24 bits per heavy atom. The second kappa shape index (κ2) is 7.27. The number of carbonyl (C=O) groups excluding carboxylic acids is 1. The molecule has 5 nitrogen and oxygen atoms in total. The van der Waals surface area contributed by atoms with E-state index in [1.165, 1.54) is 12.1 Å². The first-order valence-corrected chi connectivity index (χ1v) is 7.94. The standard InChI is InChI=1S/C19H19FN4O/c1-22-11-17(12-4-2-5-13(20)10-12)24-16-8-7-15(19(21)25)18-14(16)6-3-9-23-18/h2-10,17,22,24H,11H2,1H3,(H2,21,25). The number of benzene rings is 2. The van der Waals surface area contributed by atoms with Crippen molar-refractivity contribution in [1.82, 2.24) is 10.3 Å². The van der Waals surface area contributed by atoms with Crippen molar-refractivity contribution in [2.45, 2.75) is 6.04 Å². The van der Waals surface area contributed by atoms with Crippen LogP contribution in [0.5, 0.6) is 0 Å². The molecule has 25 heavy (non-hydrogen) atoms. The average molecular weight is 338 g/mol. The van der Waals surface area contributed by atoms with Crippen molar-refractivity contribution in [3.05, 3.63) is 71.7 Å². The van der Waals surface area contributed by atoms with Gasteiger partial charge in [-0.25, -0.2) is 4.39 Å². The molecule has 0 aliphatic heterocycles. The molecule has 1 amide bonds. The molecular weight excluding hydrogens is 319 g/mol. The van der Waals surface area contributed by atoms with Gasteiger partial charge in [0.05, 0.1) is 17.1 Å². The number of nitrogens with two attached hydrogens (primary N) is 1. The van der Waals surface area contributed by atoms with Gasteiger partial charge in [-0.3, -0.25) is 9.78 Å². The van der Waals surface area contributed by atoms with Gasteiger partial charge in [0, 0.05) is 23.8 Å². The van der Waals surface area contributed by atoms with Crippen molar-refractivity contribution in [3.8, 4) is 0 Å². The molecule has 0 radical (unpaired) electrons. The van der Waals surface area contributed by atoms with E-state index in [1.807, 2.05) is 19.2 Å². The molecule has 1 heterocycles. The molecule has 0 bridgehead atoms. The highest BCUT2D eigenvalue weighted by Crippen LogP contribution is 2.28. The van der Waals surface area contributed by atoms with Gasteiger partial charge in [0.25, 0.3) is 5.91 Å². The van der Waals surface area contributed by atoms with Crippen molar-refractivity contribution in [2.24, 2.45) is 5.73 Å². The number of nitrogens with zero attached hydrogens (tertiary/aromatic N) is 1. The molecule has 3 aromatic rings. The largest absolute Gasteiger partial charge is 0.376 e. The van der Waals surface area contributed by atoms with Gasteiger partial charge >= 0.3 is 0 Å². The monoisotopic (exact) mass is 338 g/mol. The number of carbonyl (C=O) groups is 1. The summed E-state index contributed by atoms with van der Waals surface area (Å²) in [6, 6.07) is 13.5. The number of fused-ring (bicyclic) bond motifs is 1. The van der Waals surface area contributed by atoms with Gasteiger partial charge in [0.15, 0.2) is 0 Å². The molecule has 4 N–H and O–H groups in total. The first-order valence-electron chi connectivity index (χ1n) is 7.94. The minimum Gasteiger partial charge on any atom is -0.376 e. The summed E-state index contributed by atoms with van der Waals surface area (Å²) in [5.41, 5.74) is 7.98. The Bertz CT molecular complexity index is 913. The van der Waals surface area contributed by atoms with Crippen molar-refractivity contribution in [2.75, 3.05) is 18.9 Å². The van der Waals surface area contributed by atoms with Crippen molar-refractivity contribution in [1.29, 1.82) is 0 Å². The van der Waals surface area contributed by atoms with Crippen LogP contribution in [0.1, 0.15) is 22.0 Å². The summed E-state index contributed by atoms with van der Waals surface area (Å²) in [5, 5.41) is 7.31. The third kappa shape index (κ3) is 3.59. The molecule has 0 saturated heterocycles. The Hall–Kier alpha value is -2.99. The smallest absolute Gasteiger partial charge is 0.250 e. The molecule has 1 unspecified atom stereocenters. The second-order valence-electron chi connectivity index (χ2n) is 5.73. The van der Waals surface area contributed by atoms with Crippen LogP contribution in [-0.2, 0) is 0 Å². The summed E-state index contributed by atoms with van der Waals surface area (Å²) in [4.78, 5) is 15.9. The Morgan fingerprint density at radius 3 is 2.80 bits per heavy atom. The quantitative estimate of drug-likeness (QED) is 0.646. The van der Waals surface area contributed by atoms with Gasteiger partial charge in [-0.2, -0.15) is 0 Å². The molecular formula is C19H19FN4O. The average Bonchev–Trinajstić information content (AvgIpc) is 2.61. The van der Waals surface area contributed by atoms with Gasteiger partial charge in [-0.15, -0.1) is 0 Å². The number of amides is 1. The van der Waals surface area contributed by atoms with Crippen LogP contribution in [0.3, 0.4) is 0 Å². The third-order valence-electron chi connectivity index (χ3n) is 4.02. The zero-order chi connectivity index (χ0) is 17.8. The Morgan fingerprint density at radius 2 is 2.08 bits per heavy atom. The molecule has 6 heteroatoms. The van der Waals surface area contributed by atoms with E-state index in [9.17, 15) is 9.18 Å². The van der Waals surface area contributed by atoms with Crippen LogP contribution in [0.4, 0.5) is 10.1 Å². The second-order valence-corrected chi connectivity index (χ2v) is 5.73. The van der Waals surface area contributed by atoms with Crippen molar-refractivity contribution < 1.29 is 9.18 Å². The third-order valence-corrected chi connectivity index (χ3v) is 4.02. The minimum absolute atomic E-state index is 0.150. The molecule has 128 valence electrons. The van der Waals surface area contributed by atoms with E-state index in [0.717, 1.165) is 16.6 Å². The van der Waals surface area contributed by atoms with Gasteiger partial charge in [0.1, 0.15) is 5.82 Å². The normalized spacial score (nSPS) is 12.1. The summed E-state index contributed by atoms with van der Waals surface area (Å²) in [7, 11) is 1.84. The van der Waals surface area contributed by atoms with E-state index >= 15 is 0 Å². The lowest BCUT2D eigenvalue weighted by atomic mass is 10.0. The SMILES string of the molecule is CNCC(Nc1ccc(C(N)=O)c2ncccc12)c1cccc(F)c1. The van der Waals surface area contributed by atoms with E-state index in [-0.39, 0.29) is 11.9 Å². The number of aromatic nitrogens is 1. The molecule has 0 spiro atoms. The molecule has 0 aliphatic carbocycles. The van der Waals surface area contributed by atoms with Gasteiger partial charge < -0.3 is 16.4 Å². The van der Waals surface area contributed by atoms with Crippen molar-refractivity contribution >= 4 is 22.5 Å². The van der Waals surface area contributed by atoms with Crippen LogP contribution in [0.15, 0.2) is 54.7 Å². The maximum Gasteiger partial charge on any atom is 0.250 e. The van der Waals surface area contributed by atoms with Crippen molar-refractivity contribution in [3.63, 3.8) is 0 Å². The summed E-state index contributed by atoms with van der Waals surface area (Å²) < 4.78 is 13.6. The van der Waals surface area contributed by atoms with E-state index < -0.39 is 5.91 Å². The van der Waals surface area contributed by atoms with Crippen LogP contribution in [0.25, 0.3) is 10.9 Å². The number of hydrogen-bond donors (Lipinski definition) is 3. The molecule has 1 aromatic heterocycles. The van der Waals surface area contributed by atoms with E-state index in [4.69, 9.17) is 5.73 Å². The fourth-order valence-corrected chi connectivity index (χ4v) is 2.86. The fraction of sp³-hybridized carbons (Fsp3) is 0.158. The molecule has 3 rings (SSSR count). The van der Waals surface area contributed by atoms with Crippen LogP contribution in [0, 0.1) is 5.82 Å².